The molecule has 2 aromatic rings. The third-order valence-corrected chi connectivity index (χ3v) is 7.01. The van der Waals surface area contributed by atoms with Crippen LogP contribution in [0.5, 0.6) is 0 Å². The van der Waals surface area contributed by atoms with Gasteiger partial charge < -0.3 is 5.32 Å². The molecule has 2 aliphatic rings. The van der Waals surface area contributed by atoms with E-state index >= 15 is 0 Å². The minimum absolute atomic E-state index is 0.0790. The van der Waals surface area contributed by atoms with Gasteiger partial charge in [-0.05, 0) is 37.5 Å². The first-order valence-corrected chi connectivity index (χ1v) is 11.9. The Kier molecular flexibility index (Phi) is 7.30. The van der Waals surface area contributed by atoms with Gasteiger partial charge >= 0.3 is 12.4 Å². The lowest BCUT2D eigenvalue weighted by Gasteiger charge is -2.36. The normalized spacial score (nSPS) is 23.6. The van der Waals surface area contributed by atoms with Gasteiger partial charge in [0, 0.05) is 24.0 Å². The molecule has 0 spiro atoms. The number of benzene rings is 2. The Morgan fingerprint density at radius 2 is 1.56 bits per heavy atom. The number of rotatable bonds is 6. The van der Waals surface area contributed by atoms with E-state index in [9.17, 15) is 45.1 Å². The van der Waals surface area contributed by atoms with Crippen molar-refractivity contribution in [1.29, 1.82) is 0 Å². The molecule has 2 aliphatic heterocycles. The van der Waals surface area contributed by atoms with Crippen LogP contribution in [0, 0.1) is 24.1 Å². The molecule has 0 aliphatic carbocycles. The van der Waals surface area contributed by atoms with Crippen LogP contribution in [0.3, 0.4) is 0 Å². The summed E-state index contributed by atoms with van der Waals surface area (Å²) in [5.41, 5.74) is -1.66. The molecule has 4 rings (SSSR count). The SMILES string of the molecule is Cc1cccc2c1NC(=O)[C@H](C1(CCC(F)(F)F)C(=O)NC(=O)C1CCC(F)(F)F)N=C2c1cccc(F)c1. The van der Waals surface area contributed by atoms with Crippen molar-refractivity contribution in [2.24, 2.45) is 16.3 Å². The number of aryl methyl sites for hydroxylation is 1. The van der Waals surface area contributed by atoms with Gasteiger partial charge in [0.15, 0.2) is 0 Å². The monoisotopic (exact) mass is 557 g/mol. The highest BCUT2D eigenvalue weighted by molar-refractivity contribution is 6.21. The maximum Gasteiger partial charge on any atom is 0.389 e. The number of amides is 3. The molecule has 3 atom stereocenters. The molecule has 0 bridgehead atoms. The lowest BCUT2D eigenvalue weighted by atomic mass is 9.66. The Balaban J connectivity index is 1.96. The number of aliphatic imine (C=N–C) groups is 1. The van der Waals surface area contributed by atoms with Crippen LogP contribution in [0.4, 0.5) is 36.4 Å². The predicted octanol–water partition coefficient (Wildman–Crippen LogP) is 5.24. The van der Waals surface area contributed by atoms with E-state index in [4.69, 9.17) is 0 Å². The lowest BCUT2D eigenvalue weighted by molar-refractivity contribution is -0.157. The zero-order chi connectivity index (χ0) is 28.8. The fraction of sp³-hybridized carbons (Fsp3) is 0.385. The van der Waals surface area contributed by atoms with Crippen molar-refractivity contribution in [3.8, 4) is 0 Å². The van der Waals surface area contributed by atoms with Crippen molar-refractivity contribution >= 4 is 29.1 Å². The molecule has 0 radical (unpaired) electrons. The van der Waals surface area contributed by atoms with Crippen LogP contribution in [0.15, 0.2) is 47.5 Å². The van der Waals surface area contributed by atoms with Crippen LogP contribution in [0.2, 0.25) is 0 Å². The van der Waals surface area contributed by atoms with E-state index in [1.54, 1.807) is 19.1 Å². The van der Waals surface area contributed by atoms with Gasteiger partial charge in [-0.1, -0.05) is 30.3 Å². The second-order valence-electron chi connectivity index (χ2n) is 9.56. The van der Waals surface area contributed by atoms with Crippen molar-refractivity contribution in [2.75, 3.05) is 5.32 Å². The standard InChI is InChI=1S/C26H22F7N3O3/c1-13-4-2-7-16-18(13)35-22(38)20(34-19(16)14-5-3-6-15(27)12-14)24(10-11-26(31,32)33)17(8-9-25(28,29)30)21(37)36-23(24)39/h2-7,12,17,20H,8-11H2,1H3,(H,35,38)(H,36,37,39)/t17?,20-,24?/m1/s1. The van der Waals surface area contributed by atoms with Gasteiger partial charge in [-0.25, -0.2) is 4.39 Å². The number of nitrogens with zero attached hydrogens (tertiary/aromatic N) is 1. The maximum absolute atomic E-state index is 14.2. The number of alkyl halides is 6. The molecular weight excluding hydrogens is 535 g/mol. The van der Waals surface area contributed by atoms with E-state index in [0.29, 0.717) is 5.56 Å². The van der Waals surface area contributed by atoms with Crippen LogP contribution in [-0.4, -0.2) is 41.8 Å². The number of carbonyl (C=O) groups is 3. The number of hydrogen-bond acceptors (Lipinski definition) is 4. The fourth-order valence-corrected chi connectivity index (χ4v) is 5.19. The first-order chi connectivity index (χ1) is 18.1. The average molecular weight is 557 g/mol. The summed E-state index contributed by atoms with van der Waals surface area (Å²) < 4.78 is 93.9. The number of hydrogen-bond donors (Lipinski definition) is 2. The molecule has 0 saturated carbocycles. The number of halogens is 7. The zero-order valence-corrected chi connectivity index (χ0v) is 20.3. The number of anilines is 1. The maximum atomic E-state index is 14.2. The van der Waals surface area contributed by atoms with E-state index in [2.05, 4.69) is 10.3 Å². The van der Waals surface area contributed by atoms with E-state index < -0.39 is 78.9 Å². The van der Waals surface area contributed by atoms with E-state index in [0.717, 1.165) is 12.1 Å². The number of benzodiazepines with no additional fused rings is 1. The fourth-order valence-electron chi connectivity index (χ4n) is 5.19. The van der Waals surface area contributed by atoms with Crippen LogP contribution < -0.4 is 10.6 Å². The zero-order valence-electron chi connectivity index (χ0n) is 20.3. The summed E-state index contributed by atoms with van der Waals surface area (Å²) in [5, 5.41) is 4.38. The summed E-state index contributed by atoms with van der Waals surface area (Å²) in [6.07, 6.45) is -15.1. The van der Waals surface area contributed by atoms with Gasteiger partial charge in [-0.2, -0.15) is 26.3 Å². The van der Waals surface area contributed by atoms with Gasteiger partial charge in [0.2, 0.25) is 17.7 Å². The Bertz CT molecular complexity index is 1350. The number of para-hydroxylation sites is 1. The van der Waals surface area contributed by atoms with Crippen molar-refractivity contribution in [3.05, 3.63) is 65.0 Å². The van der Waals surface area contributed by atoms with Crippen molar-refractivity contribution in [1.82, 2.24) is 5.32 Å². The van der Waals surface area contributed by atoms with E-state index in [-0.39, 0.29) is 22.5 Å². The van der Waals surface area contributed by atoms with Crippen molar-refractivity contribution in [2.45, 2.75) is 51.0 Å². The Morgan fingerprint density at radius 1 is 0.897 bits per heavy atom. The highest BCUT2D eigenvalue weighted by Crippen LogP contribution is 2.49. The summed E-state index contributed by atoms with van der Waals surface area (Å²) in [4.78, 5) is 44.0. The summed E-state index contributed by atoms with van der Waals surface area (Å²) >= 11 is 0. The number of imide groups is 1. The van der Waals surface area contributed by atoms with Crippen molar-refractivity contribution in [3.63, 3.8) is 0 Å². The van der Waals surface area contributed by atoms with E-state index in [1.165, 1.54) is 18.2 Å². The molecule has 1 fully saturated rings. The summed E-state index contributed by atoms with van der Waals surface area (Å²) in [6, 6.07) is 7.60. The van der Waals surface area contributed by atoms with Crippen molar-refractivity contribution < 1.29 is 45.1 Å². The molecule has 2 N–H and O–H groups in total. The Hall–Kier alpha value is -3.77. The molecule has 39 heavy (non-hydrogen) atoms. The van der Waals surface area contributed by atoms with Gasteiger partial charge in [0.05, 0.1) is 22.7 Å². The van der Waals surface area contributed by atoms with Crippen LogP contribution in [0.25, 0.3) is 0 Å². The Morgan fingerprint density at radius 3 is 2.21 bits per heavy atom. The topological polar surface area (TPSA) is 87.6 Å². The molecule has 0 aromatic heterocycles. The van der Waals surface area contributed by atoms with Gasteiger partial charge in [-0.15, -0.1) is 0 Å². The average Bonchev–Trinajstić information content (AvgIpc) is 2.95. The van der Waals surface area contributed by atoms with Gasteiger partial charge in [0.1, 0.15) is 11.9 Å². The first kappa shape index (κ1) is 28.2. The second-order valence-corrected chi connectivity index (χ2v) is 9.56. The third-order valence-electron chi connectivity index (χ3n) is 7.01. The minimum atomic E-state index is -4.87. The number of carbonyl (C=O) groups excluding carboxylic acids is 3. The number of nitrogens with one attached hydrogen (secondary N) is 2. The van der Waals surface area contributed by atoms with Gasteiger partial charge in [0.25, 0.3) is 0 Å². The summed E-state index contributed by atoms with van der Waals surface area (Å²) in [7, 11) is 0. The lowest BCUT2D eigenvalue weighted by Crippen LogP contribution is -2.51. The number of fused-ring (bicyclic) bond motifs is 1. The first-order valence-electron chi connectivity index (χ1n) is 11.9. The smallest absolute Gasteiger partial charge is 0.323 e. The van der Waals surface area contributed by atoms with Crippen LogP contribution in [0.1, 0.15) is 42.4 Å². The summed E-state index contributed by atoms with van der Waals surface area (Å²) in [6.45, 7) is 1.61. The third kappa shape index (κ3) is 5.66. The highest BCUT2D eigenvalue weighted by atomic mass is 19.4. The molecule has 6 nitrogen and oxygen atoms in total. The molecule has 2 unspecified atom stereocenters. The molecule has 3 amide bonds. The largest absolute Gasteiger partial charge is 0.389 e. The van der Waals surface area contributed by atoms with Gasteiger partial charge in [-0.3, -0.25) is 24.7 Å². The highest BCUT2D eigenvalue weighted by Gasteiger charge is 2.63. The van der Waals surface area contributed by atoms with Crippen LogP contribution >= 0.6 is 0 Å². The second kappa shape index (κ2) is 10.1. The molecule has 1 saturated heterocycles. The van der Waals surface area contributed by atoms with Crippen LogP contribution in [-0.2, 0) is 14.4 Å². The molecule has 208 valence electrons. The Labute approximate surface area is 217 Å². The predicted molar refractivity (Wildman–Crippen MR) is 125 cm³/mol. The quantitative estimate of drug-likeness (QED) is 0.377. The minimum Gasteiger partial charge on any atom is -0.323 e. The molecule has 13 heteroatoms. The molecule has 2 heterocycles. The van der Waals surface area contributed by atoms with E-state index in [1.807, 2.05) is 5.32 Å². The molecule has 2 aromatic carbocycles. The summed E-state index contributed by atoms with van der Waals surface area (Å²) in [5.74, 6) is -6.27. The molecular formula is C26H22F7N3O3.